The topological polar surface area (TPSA) is 41.8 Å². The van der Waals surface area contributed by atoms with Gasteiger partial charge in [0.1, 0.15) is 0 Å². The fourth-order valence-corrected chi connectivity index (χ4v) is 1.68. The average Bonchev–Trinajstić information content (AvgIpc) is 2.29. The Morgan fingerprint density at radius 2 is 2.40 bits per heavy atom. The van der Waals surface area contributed by atoms with Gasteiger partial charge in [-0.25, -0.2) is 0 Å². The van der Waals surface area contributed by atoms with Crippen molar-refractivity contribution < 1.29 is 9.94 Å². The summed E-state index contributed by atoms with van der Waals surface area (Å²) in [6.45, 7) is 2.11. The van der Waals surface area contributed by atoms with E-state index in [0.717, 1.165) is 24.1 Å². The highest BCUT2D eigenvalue weighted by Crippen LogP contribution is 2.16. The number of aliphatic hydroxyl groups is 1. The smallest absolute Gasteiger partial charge is 0.150 e. The summed E-state index contributed by atoms with van der Waals surface area (Å²) in [5.74, 6) is 0. The van der Waals surface area contributed by atoms with E-state index in [-0.39, 0.29) is 12.7 Å². The van der Waals surface area contributed by atoms with Crippen LogP contribution < -0.4 is 0 Å². The van der Waals surface area contributed by atoms with Crippen LogP contribution in [-0.4, -0.2) is 23.5 Å². The third-order valence-corrected chi connectivity index (χ3v) is 2.57. The van der Waals surface area contributed by atoms with E-state index in [4.69, 9.17) is 9.94 Å². The molecule has 2 rings (SSSR count). The van der Waals surface area contributed by atoms with Crippen molar-refractivity contribution >= 4 is 5.71 Å². The molecule has 1 aromatic carbocycles. The second kappa shape index (κ2) is 4.45. The van der Waals surface area contributed by atoms with Crippen molar-refractivity contribution in [3.05, 3.63) is 35.4 Å². The van der Waals surface area contributed by atoms with E-state index in [1.54, 1.807) is 0 Å². The minimum atomic E-state index is -0.126. The van der Waals surface area contributed by atoms with Crippen molar-refractivity contribution in [2.75, 3.05) is 6.61 Å². The van der Waals surface area contributed by atoms with Crippen LogP contribution in [0.15, 0.2) is 29.4 Å². The van der Waals surface area contributed by atoms with Crippen molar-refractivity contribution in [2.45, 2.75) is 25.9 Å². The lowest BCUT2D eigenvalue weighted by Gasteiger charge is -2.19. The first-order chi connectivity index (χ1) is 7.29. The van der Waals surface area contributed by atoms with Crippen molar-refractivity contribution in [3.63, 3.8) is 0 Å². The lowest BCUT2D eigenvalue weighted by atomic mass is 10.0. The Morgan fingerprint density at radius 1 is 1.53 bits per heavy atom. The Bertz CT molecular complexity index is 374. The molecule has 3 heteroatoms. The highest BCUT2D eigenvalue weighted by molar-refractivity contribution is 6.00. The molecule has 15 heavy (non-hydrogen) atoms. The SMILES string of the molecule is Cc1cccc(C2=NOC(CO)CC2)c1. The molecule has 0 radical (unpaired) electrons. The minimum absolute atomic E-state index is 0.0462. The van der Waals surface area contributed by atoms with Gasteiger partial charge >= 0.3 is 0 Å². The lowest BCUT2D eigenvalue weighted by molar-refractivity contribution is 0.00454. The van der Waals surface area contributed by atoms with Gasteiger partial charge in [-0.05, 0) is 25.3 Å². The van der Waals surface area contributed by atoms with Gasteiger partial charge in [-0.15, -0.1) is 0 Å². The van der Waals surface area contributed by atoms with Crippen LogP contribution in [0.4, 0.5) is 0 Å². The first-order valence-electron chi connectivity index (χ1n) is 5.20. The first-order valence-corrected chi connectivity index (χ1v) is 5.20. The molecule has 0 aliphatic carbocycles. The van der Waals surface area contributed by atoms with Gasteiger partial charge in [-0.1, -0.05) is 35.0 Å². The van der Waals surface area contributed by atoms with E-state index in [0.29, 0.717) is 0 Å². The van der Waals surface area contributed by atoms with Gasteiger partial charge in [-0.2, -0.15) is 0 Å². The van der Waals surface area contributed by atoms with E-state index >= 15 is 0 Å². The van der Waals surface area contributed by atoms with Crippen molar-refractivity contribution in [1.29, 1.82) is 0 Å². The molecule has 0 bridgehead atoms. The Hall–Kier alpha value is -1.35. The Labute approximate surface area is 89.4 Å². The Morgan fingerprint density at radius 3 is 3.00 bits per heavy atom. The maximum atomic E-state index is 8.90. The summed E-state index contributed by atoms with van der Waals surface area (Å²) in [7, 11) is 0. The normalized spacial score (nSPS) is 20.7. The van der Waals surface area contributed by atoms with E-state index < -0.39 is 0 Å². The number of rotatable bonds is 2. The molecule has 0 amide bonds. The minimum Gasteiger partial charge on any atom is -0.392 e. The van der Waals surface area contributed by atoms with Crippen LogP contribution in [0.1, 0.15) is 24.0 Å². The van der Waals surface area contributed by atoms with Gasteiger partial charge in [-0.3, -0.25) is 0 Å². The van der Waals surface area contributed by atoms with Crippen LogP contribution in [0.25, 0.3) is 0 Å². The molecule has 1 heterocycles. The molecular formula is C12H15NO2. The zero-order chi connectivity index (χ0) is 10.7. The molecule has 0 spiro atoms. The van der Waals surface area contributed by atoms with Gasteiger partial charge in [0.25, 0.3) is 0 Å². The zero-order valence-electron chi connectivity index (χ0n) is 8.81. The molecule has 3 nitrogen and oxygen atoms in total. The molecule has 0 aromatic heterocycles. The molecule has 1 aromatic rings. The first kappa shape index (κ1) is 10.2. The summed E-state index contributed by atoms with van der Waals surface area (Å²) in [4.78, 5) is 5.17. The lowest BCUT2D eigenvalue weighted by Crippen LogP contribution is -2.22. The van der Waals surface area contributed by atoms with Gasteiger partial charge in [0.05, 0.1) is 12.3 Å². The number of hydrogen-bond acceptors (Lipinski definition) is 3. The largest absolute Gasteiger partial charge is 0.392 e. The number of aliphatic hydroxyl groups excluding tert-OH is 1. The Balaban J connectivity index is 2.15. The quantitative estimate of drug-likeness (QED) is 0.800. The van der Waals surface area contributed by atoms with Gasteiger partial charge in [0.15, 0.2) is 6.10 Å². The summed E-state index contributed by atoms with van der Waals surface area (Å²) in [6, 6.07) is 8.21. The molecule has 1 aliphatic heterocycles. The summed E-state index contributed by atoms with van der Waals surface area (Å²) in [5, 5.41) is 12.9. The van der Waals surface area contributed by atoms with Crippen molar-refractivity contribution in [3.8, 4) is 0 Å². The number of aryl methyl sites for hydroxylation is 1. The monoisotopic (exact) mass is 205 g/mol. The maximum Gasteiger partial charge on any atom is 0.150 e. The molecule has 1 N–H and O–H groups in total. The van der Waals surface area contributed by atoms with Crippen molar-refractivity contribution in [1.82, 2.24) is 0 Å². The number of hydrogen-bond donors (Lipinski definition) is 1. The van der Waals surface area contributed by atoms with E-state index in [1.807, 2.05) is 12.1 Å². The van der Waals surface area contributed by atoms with E-state index in [1.165, 1.54) is 5.56 Å². The van der Waals surface area contributed by atoms with E-state index in [2.05, 4.69) is 24.2 Å². The maximum absolute atomic E-state index is 8.90. The van der Waals surface area contributed by atoms with Crippen molar-refractivity contribution in [2.24, 2.45) is 5.16 Å². The molecular weight excluding hydrogens is 190 g/mol. The summed E-state index contributed by atoms with van der Waals surface area (Å²) >= 11 is 0. The highest BCUT2D eigenvalue weighted by Gasteiger charge is 2.17. The molecule has 1 unspecified atom stereocenters. The second-order valence-electron chi connectivity index (χ2n) is 3.86. The fourth-order valence-electron chi connectivity index (χ4n) is 1.68. The van der Waals surface area contributed by atoms with Crippen LogP contribution in [0.2, 0.25) is 0 Å². The Kier molecular flexibility index (Phi) is 3.02. The second-order valence-corrected chi connectivity index (χ2v) is 3.86. The molecule has 0 saturated carbocycles. The molecule has 0 fully saturated rings. The summed E-state index contributed by atoms with van der Waals surface area (Å²) in [6.07, 6.45) is 1.58. The zero-order valence-corrected chi connectivity index (χ0v) is 8.81. The average molecular weight is 205 g/mol. The standard InChI is InChI=1S/C12H15NO2/c1-9-3-2-4-10(7-9)12-6-5-11(8-14)15-13-12/h2-4,7,11,14H,5-6,8H2,1H3. The van der Waals surface area contributed by atoms with Gasteiger partial charge in [0.2, 0.25) is 0 Å². The van der Waals surface area contributed by atoms with E-state index in [9.17, 15) is 0 Å². The number of oxime groups is 1. The van der Waals surface area contributed by atoms with Gasteiger partial charge in [0, 0.05) is 0 Å². The third-order valence-electron chi connectivity index (χ3n) is 2.57. The highest BCUT2D eigenvalue weighted by atomic mass is 16.6. The number of nitrogens with zero attached hydrogens (tertiary/aromatic N) is 1. The number of benzene rings is 1. The third kappa shape index (κ3) is 2.36. The molecule has 0 saturated heterocycles. The molecule has 1 atom stereocenters. The fraction of sp³-hybridized carbons (Fsp3) is 0.417. The van der Waals surface area contributed by atoms with Gasteiger partial charge < -0.3 is 9.94 Å². The summed E-state index contributed by atoms with van der Waals surface area (Å²) in [5.41, 5.74) is 3.31. The van der Waals surface area contributed by atoms with Crippen LogP contribution in [0.3, 0.4) is 0 Å². The molecule has 1 aliphatic rings. The predicted molar refractivity (Wildman–Crippen MR) is 58.9 cm³/mol. The van der Waals surface area contributed by atoms with Crippen LogP contribution in [0.5, 0.6) is 0 Å². The predicted octanol–water partition coefficient (Wildman–Crippen LogP) is 1.87. The van der Waals surface area contributed by atoms with Crippen LogP contribution >= 0.6 is 0 Å². The summed E-state index contributed by atoms with van der Waals surface area (Å²) < 4.78 is 0. The van der Waals surface area contributed by atoms with Crippen LogP contribution in [-0.2, 0) is 4.84 Å². The van der Waals surface area contributed by atoms with Crippen LogP contribution in [0, 0.1) is 6.92 Å². The molecule has 80 valence electrons.